The standard InChI is InChI=1S/C24H41N3O16/c1-8(32)25-11(4-28)17(36)21(12(35)5-29)42-24-16(27-10(3)34)20(39)22(14(7-31)41-24)43-23-15(26-9(2)33)19(38)18(37)13(6-30)40-23/h4,11-24,29-31,35-39H,5-7H2,1-3H3,(H,25,32)(H,26,33)(H,27,34)/t11-,12+,13+,14+,15+,16+,17+,18+,19+,20+,21+,22?,23-,24-/m0/s1. The van der Waals surface area contributed by atoms with E-state index in [2.05, 4.69) is 16.0 Å². The van der Waals surface area contributed by atoms with Crippen molar-refractivity contribution >= 4 is 24.0 Å². The summed E-state index contributed by atoms with van der Waals surface area (Å²) in [6.45, 7) is 0.540. The van der Waals surface area contributed by atoms with Gasteiger partial charge in [0.15, 0.2) is 12.6 Å². The van der Waals surface area contributed by atoms with Crippen molar-refractivity contribution in [2.75, 3.05) is 19.8 Å². The van der Waals surface area contributed by atoms with Crippen LogP contribution in [-0.4, -0.2) is 170 Å². The second-order valence-electron chi connectivity index (χ2n) is 10.2. The molecule has 2 heterocycles. The van der Waals surface area contributed by atoms with Crippen molar-refractivity contribution in [2.24, 2.45) is 0 Å². The van der Waals surface area contributed by atoms with Gasteiger partial charge in [0.05, 0.1) is 19.8 Å². The first kappa shape index (κ1) is 36.8. The zero-order valence-corrected chi connectivity index (χ0v) is 23.6. The second kappa shape index (κ2) is 16.6. The molecule has 19 nitrogen and oxygen atoms in total. The molecule has 14 atom stereocenters. The number of rotatable bonds is 14. The Hall–Kier alpha value is -2.40. The summed E-state index contributed by atoms with van der Waals surface area (Å²) in [6, 6.07) is -4.66. The van der Waals surface area contributed by atoms with E-state index in [4.69, 9.17) is 18.9 Å². The molecule has 248 valence electrons. The second-order valence-corrected chi connectivity index (χ2v) is 10.2. The van der Waals surface area contributed by atoms with Gasteiger partial charge >= 0.3 is 0 Å². The van der Waals surface area contributed by atoms with Crippen molar-refractivity contribution in [3.05, 3.63) is 0 Å². The van der Waals surface area contributed by atoms with Crippen LogP contribution in [0.2, 0.25) is 0 Å². The molecule has 0 radical (unpaired) electrons. The van der Waals surface area contributed by atoms with Gasteiger partial charge in [0.25, 0.3) is 0 Å². The third-order valence-corrected chi connectivity index (χ3v) is 6.84. The van der Waals surface area contributed by atoms with Gasteiger partial charge in [0.1, 0.15) is 79.3 Å². The number of aliphatic hydroxyl groups is 8. The minimum atomic E-state index is -1.98. The van der Waals surface area contributed by atoms with Gasteiger partial charge in [0.2, 0.25) is 17.7 Å². The SMILES string of the molecule is CC(=O)N[C@H]1[C@H](OC2[C@@H](CO)O[C@@H](O[C@@H]([C@H](O)[C@H](C=O)NC(C)=O)[C@H](O)CO)[C@H](NC(C)=O)[C@H]2O)O[C@H](CO)[C@@H](O)[C@@H]1O. The Labute approximate surface area is 245 Å². The van der Waals surface area contributed by atoms with E-state index in [9.17, 15) is 60.0 Å². The molecular weight excluding hydrogens is 586 g/mol. The van der Waals surface area contributed by atoms with E-state index in [1.165, 1.54) is 0 Å². The molecule has 2 fully saturated rings. The van der Waals surface area contributed by atoms with E-state index in [1.54, 1.807) is 0 Å². The average Bonchev–Trinajstić information content (AvgIpc) is 2.95. The van der Waals surface area contributed by atoms with E-state index < -0.39 is 123 Å². The monoisotopic (exact) mass is 627 g/mol. The molecule has 2 aliphatic heterocycles. The Morgan fingerprint density at radius 2 is 1.35 bits per heavy atom. The van der Waals surface area contributed by atoms with E-state index in [1.807, 2.05) is 0 Å². The van der Waals surface area contributed by atoms with Crippen LogP contribution < -0.4 is 16.0 Å². The maximum Gasteiger partial charge on any atom is 0.217 e. The van der Waals surface area contributed by atoms with Gasteiger partial charge in [0, 0.05) is 20.8 Å². The van der Waals surface area contributed by atoms with Crippen LogP contribution in [0, 0.1) is 0 Å². The van der Waals surface area contributed by atoms with E-state index in [0.717, 1.165) is 20.8 Å². The van der Waals surface area contributed by atoms with Crippen LogP contribution in [0.15, 0.2) is 0 Å². The lowest BCUT2D eigenvalue weighted by Crippen LogP contribution is -2.70. The van der Waals surface area contributed by atoms with Gasteiger partial charge in [-0.1, -0.05) is 0 Å². The minimum Gasteiger partial charge on any atom is -0.394 e. The molecule has 43 heavy (non-hydrogen) atoms. The maximum absolute atomic E-state index is 12.1. The van der Waals surface area contributed by atoms with Crippen molar-refractivity contribution in [3.63, 3.8) is 0 Å². The number of hydrogen-bond donors (Lipinski definition) is 11. The van der Waals surface area contributed by atoms with Crippen LogP contribution in [0.4, 0.5) is 0 Å². The van der Waals surface area contributed by atoms with Gasteiger partial charge in [-0.05, 0) is 0 Å². The van der Waals surface area contributed by atoms with Gasteiger partial charge < -0.3 is 80.5 Å². The summed E-state index contributed by atoms with van der Waals surface area (Å²) in [4.78, 5) is 46.8. The van der Waals surface area contributed by atoms with Crippen LogP contribution in [0.25, 0.3) is 0 Å². The summed E-state index contributed by atoms with van der Waals surface area (Å²) in [5.41, 5.74) is 0. The summed E-state index contributed by atoms with van der Waals surface area (Å²) in [7, 11) is 0. The highest BCUT2D eigenvalue weighted by Crippen LogP contribution is 2.31. The molecule has 0 aliphatic carbocycles. The van der Waals surface area contributed by atoms with Crippen LogP contribution in [0.3, 0.4) is 0 Å². The van der Waals surface area contributed by atoms with E-state index in [-0.39, 0.29) is 6.29 Å². The van der Waals surface area contributed by atoms with Crippen molar-refractivity contribution < 1.29 is 79.0 Å². The summed E-state index contributed by atoms with van der Waals surface area (Å²) < 4.78 is 22.6. The fourth-order valence-corrected chi connectivity index (χ4v) is 4.78. The number of aldehydes is 1. The molecule has 0 aromatic carbocycles. The summed E-state index contributed by atoms with van der Waals surface area (Å²) in [5, 5.41) is 89.2. The van der Waals surface area contributed by atoms with Crippen molar-refractivity contribution in [2.45, 2.75) is 106 Å². The third-order valence-electron chi connectivity index (χ3n) is 6.84. The molecule has 2 aliphatic rings. The number of hydrogen-bond acceptors (Lipinski definition) is 16. The van der Waals surface area contributed by atoms with Crippen LogP contribution in [0.5, 0.6) is 0 Å². The number of carbonyl (C=O) groups excluding carboxylic acids is 4. The topological polar surface area (TPSA) is 303 Å². The fraction of sp³-hybridized carbons (Fsp3) is 0.833. The number of aliphatic hydroxyl groups excluding tert-OH is 8. The Morgan fingerprint density at radius 3 is 1.81 bits per heavy atom. The minimum absolute atomic E-state index is 0.148. The lowest BCUT2D eigenvalue weighted by molar-refractivity contribution is -0.341. The van der Waals surface area contributed by atoms with Gasteiger partial charge in [-0.3, -0.25) is 14.4 Å². The average molecular weight is 628 g/mol. The first-order chi connectivity index (χ1) is 20.2. The lowest BCUT2D eigenvalue weighted by Gasteiger charge is -2.48. The quantitative estimate of drug-likeness (QED) is 0.0797. The first-order valence-corrected chi connectivity index (χ1v) is 13.3. The number of nitrogens with one attached hydrogen (secondary N) is 3. The predicted molar refractivity (Wildman–Crippen MR) is 137 cm³/mol. The third kappa shape index (κ3) is 9.30. The van der Waals surface area contributed by atoms with Crippen molar-refractivity contribution in [1.82, 2.24) is 16.0 Å². The zero-order chi connectivity index (χ0) is 32.6. The Balaban J connectivity index is 2.42. The normalized spacial score (nSPS) is 35.6. The Bertz CT molecular complexity index is 944. The highest BCUT2D eigenvalue weighted by molar-refractivity contribution is 5.77. The largest absolute Gasteiger partial charge is 0.394 e. The number of amides is 3. The van der Waals surface area contributed by atoms with Gasteiger partial charge in [-0.2, -0.15) is 0 Å². The Kier molecular flexibility index (Phi) is 14.2. The molecule has 0 aromatic rings. The fourth-order valence-electron chi connectivity index (χ4n) is 4.78. The number of carbonyl (C=O) groups is 4. The molecule has 2 saturated heterocycles. The smallest absolute Gasteiger partial charge is 0.217 e. The molecule has 19 heteroatoms. The summed E-state index contributed by atoms with van der Waals surface area (Å²) >= 11 is 0. The van der Waals surface area contributed by atoms with Gasteiger partial charge in [-0.25, -0.2) is 0 Å². The first-order valence-electron chi connectivity index (χ1n) is 13.3. The van der Waals surface area contributed by atoms with Gasteiger partial charge in [-0.15, -0.1) is 0 Å². The number of ether oxygens (including phenoxy) is 4. The summed E-state index contributed by atoms with van der Waals surface area (Å²) in [5.74, 6) is -2.13. The van der Waals surface area contributed by atoms with Crippen LogP contribution in [-0.2, 0) is 38.1 Å². The lowest BCUT2D eigenvalue weighted by atomic mass is 9.94. The Morgan fingerprint density at radius 1 is 0.814 bits per heavy atom. The van der Waals surface area contributed by atoms with Crippen molar-refractivity contribution in [1.29, 1.82) is 0 Å². The molecule has 3 amide bonds. The van der Waals surface area contributed by atoms with Crippen LogP contribution in [0.1, 0.15) is 20.8 Å². The molecule has 1 unspecified atom stereocenters. The van der Waals surface area contributed by atoms with Crippen molar-refractivity contribution in [3.8, 4) is 0 Å². The van der Waals surface area contributed by atoms with E-state index >= 15 is 0 Å². The molecular formula is C24H41N3O16. The molecule has 11 N–H and O–H groups in total. The predicted octanol–water partition coefficient (Wildman–Crippen LogP) is -7.30. The maximum atomic E-state index is 12.1. The van der Waals surface area contributed by atoms with E-state index in [0.29, 0.717) is 0 Å². The molecule has 0 aromatic heterocycles. The van der Waals surface area contributed by atoms with Crippen LogP contribution >= 0.6 is 0 Å². The molecule has 0 bridgehead atoms. The molecule has 0 saturated carbocycles. The summed E-state index contributed by atoms with van der Waals surface area (Å²) in [6.07, 6.45) is -18.8. The highest BCUT2D eigenvalue weighted by atomic mass is 16.7. The molecule has 0 spiro atoms. The highest BCUT2D eigenvalue weighted by Gasteiger charge is 2.53. The zero-order valence-electron chi connectivity index (χ0n) is 23.6. The molecule has 2 rings (SSSR count).